The van der Waals surface area contributed by atoms with Crippen LogP contribution in [0.2, 0.25) is 5.02 Å². The van der Waals surface area contributed by atoms with Gasteiger partial charge >= 0.3 is 5.97 Å². The van der Waals surface area contributed by atoms with Crippen LogP contribution in [0.4, 0.5) is 0 Å². The molecule has 2 aromatic heterocycles. The maximum atomic E-state index is 12.0. The van der Waals surface area contributed by atoms with Crippen LogP contribution in [0.25, 0.3) is 22.4 Å². The van der Waals surface area contributed by atoms with Gasteiger partial charge in [0, 0.05) is 17.8 Å². The molecule has 6 nitrogen and oxygen atoms in total. The number of aromatic nitrogens is 1. The van der Waals surface area contributed by atoms with Gasteiger partial charge in [-0.25, -0.2) is 4.79 Å². The van der Waals surface area contributed by atoms with Crippen LogP contribution >= 0.6 is 11.6 Å². The molecule has 0 saturated carbocycles. The lowest BCUT2D eigenvalue weighted by atomic mass is 10.1. The number of esters is 1. The normalized spacial score (nSPS) is 10.7. The zero-order valence-electron chi connectivity index (χ0n) is 13.3. The van der Waals surface area contributed by atoms with Gasteiger partial charge in [0.2, 0.25) is 0 Å². The molecule has 0 atom stereocenters. The molecule has 0 aliphatic heterocycles. The Morgan fingerprint density at radius 2 is 1.96 bits per heavy atom. The smallest absolute Gasteiger partial charge is 0.341 e. The first-order valence-corrected chi connectivity index (χ1v) is 7.35. The average molecular weight is 348 g/mol. The van der Waals surface area contributed by atoms with Crippen LogP contribution in [0.1, 0.15) is 10.4 Å². The Balaban J connectivity index is 2.22. The SMILES string of the molecule is COC(=O)c1cc(-c2cc3nccc(Cl)c3o2)cc(OC)c1OC. The van der Waals surface area contributed by atoms with Gasteiger partial charge in [-0.15, -0.1) is 0 Å². The molecule has 0 amide bonds. The number of pyridine rings is 1. The third-order valence-electron chi connectivity index (χ3n) is 3.53. The zero-order valence-corrected chi connectivity index (χ0v) is 14.0. The number of carbonyl (C=O) groups excluding carboxylic acids is 1. The first kappa shape index (κ1) is 16.1. The summed E-state index contributed by atoms with van der Waals surface area (Å²) >= 11 is 6.12. The second-order valence-electron chi connectivity index (χ2n) is 4.87. The van der Waals surface area contributed by atoms with Gasteiger partial charge in [0.1, 0.15) is 16.8 Å². The van der Waals surface area contributed by atoms with Crippen molar-refractivity contribution in [3.63, 3.8) is 0 Å². The van der Waals surface area contributed by atoms with E-state index in [1.54, 1.807) is 30.5 Å². The Bertz CT molecular complexity index is 919. The molecule has 0 aliphatic carbocycles. The van der Waals surface area contributed by atoms with E-state index in [1.807, 2.05) is 0 Å². The molecule has 3 rings (SSSR count). The van der Waals surface area contributed by atoms with Gasteiger partial charge in [0.05, 0.1) is 26.4 Å². The summed E-state index contributed by atoms with van der Waals surface area (Å²) in [5, 5.41) is 0.458. The topological polar surface area (TPSA) is 70.8 Å². The van der Waals surface area contributed by atoms with Crippen molar-refractivity contribution in [1.82, 2.24) is 4.98 Å². The molecule has 0 spiro atoms. The third kappa shape index (κ3) is 2.65. The number of rotatable bonds is 4. The van der Waals surface area contributed by atoms with E-state index in [0.717, 1.165) is 0 Å². The Kier molecular flexibility index (Phi) is 4.31. The van der Waals surface area contributed by atoms with Gasteiger partial charge in [-0.1, -0.05) is 11.6 Å². The first-order chi connectivity index (χ1) is 11.6. The molecule has 0 aliphatic rings. The summed E-state index contributed by atoms with van der Waals surface area (Å²) in [7, 11) is 4.24. The van der Waals surface area contributed by atoms with Crippen LogP contribution in [0.3, 0.4) is 0 Å². The van der Waals surface area contributed by atoms with E-state index in [1.165, 1.54) is 21.3 Å². The van der Waals surface area contributed by atoms with Crippen molar-refractivity contribution >= 4 is 28.7 Å². The van der Waals surface area contributed by atoms with Crippen LogP contribution in [-0.4, -0.2) is 32.3 Å². The number of fused-ring (bicyclic) bond motifs is 1. The lowest BCUT2D eigenvalue weighted by molar-refractivity contribution is 0.0596. The maximum absolute atomic E-state index is 12.0. The van der Waals surface area contributed by atoms with Gasteiger partial charge in [-0.2, -0.15) is 0 Å². The molecule has 0 fully saturated rings. The van der Waals surface area contributed by atoms with Crippen LogP contribution in [0.15, 0.2) is 34.9 Å². The first-order valence-electron chi connectivity index (χ1n) is 6.97. The number of methoxy groups -OCH3 is 3. The van der Waals surface area contributed by atoms with Gasteiger partial charge < -0.3 is 18.6 Å². The van der Waals surface area contributed by atoms with Crippen LogP contribution in [-0.2, 0) is 4.74 Å². The van der Waals surface area contributed by atoms with E-state index in [2.05, 4.69) is 4.98 Å². The molecule has 124 valence electrons. The molecule has 1 aromatic carbocycles. The van der Waals surface area contributed by atoms with Gasteiger partial charge in [-0.3, -0.25) is 4.98 Å². The molecule has 7 heteroatoms. The fourth-order valence-corrected chi connectivity index (χ4v) is 2.61. The number of halogens is 1. The van der Waals surface area contributed by atoms with Crippen molar-refractivity contribution in [2.75, 3.05) is 21.3 Å². The highest BCUT2D eigenvalue weighted by Crippen LogP contribution is 2.38. The molecular formula is C17H14ClNO5. The number of carbonyl (C=O) groups is 1. The van der Waals surface area contributed by atoms with Crippen molar-refractivity contribution in [3.05, 3.63) is 41.0 Å². The van der Waals surface area contributed by atoms with Gasteiger partial charge in [0.25, 0.3) is 0 Å². The minimum Gasteiger partial charge on any atom is -0.493 e. The Morgan fingerprint density at radius 1 is 1.17 bits per heavy atom. The number of nitrogens with zero attached hydrogens (tertiary/aromatic N) is 1. The fourth-order valence-electron chi connectivity index (χ4n) is 2.42. The highest BCUT2D eigenvalue weighted by Gasteiger charge is 2.21. The van der Waals surface area contributed by atoms with E-state index in [9.17, 15) is 4.79 Å². The summed E-state index contributed by atoms with van der Waals surface area (Å²) in [6, 6.07) is 6.70. The standard InChI is InChI=1S/C17H14ClNO5/c1-21-14-7-9(6-10(15(14)22-2)17(20)23-3)13-8-12-16(24-13)11(18)4-5-19-12/h4-8H,1-3H3. The molecule has 0 N–H and O–H groups in total. The highest BCUT2D eigenvalue weighted by atomic mass is 35.5. The summed E-state index contributed by atoms with van der Waals surface area (Å²) in [6.07, 6.45) is 1.60. The molecule has 3 aromatic rings. The predicted octanol–water partition coefficient (Wildman–Crippen LogP) is 3.95. The van der Waals surface area contributed by atoms with E-state index in [-0.39, 0.29) is 5.56 Å². The fraction of sp³-hybridized carbons (Fsp3) is 0.176. The lowest BCUT2D eigenvalue weighted by Crippen LogP contribution is -2.06. The van der Waals surface area contributed by atoms with Crippen LogP contribution in [0, 0.1) is 0 Å². The minimum absolute atomic E-state index is 0.230. The maximum Gasteiger partial charge on any atom is 0.341 e. The van der Waals surface area contributed by atoms with Crippen molar-refractivity contribution < 1.29 is 23.4 Å². The van der Waals surface area contributed by atoms with Crippen LogP contribution in [0.5, 0.6) is 11.5 Å². The quantitative estimate of drug-likeness (QED) is 0.665. The number of hydrogen-bond acceptors (Lipinski definition) is 6. The third-order valence-corrected chi connectivity index (χ3v) is 3.83. The highest BCUT2D eigenvalue weighted by molar-refractivity contribution is 6.34. The van der Waals surface area contributed by atoms with Crippen molar-refractivity contribution in [1.29, 1.82) is 0 Å². The van der Waals surface area contributed by atoms with E-state index < -0.39 is 5.97 Å². The van der Waals surface area contributed by atoms with E-state index in [4.69, 9.17) is 30.2 Å². The molecule has 0 saturated heterocycles. The number of ether oxygens (including phenoxy) is 3. The van der Waals surface area contributed by atoms with Gasteiger partial charge in [0.15, 0.2) is 17.1 Å². The summed E-state index contributed by atoms with van der Waals surface area (Å²) in [5.74, 6) is 0.631. The minimum atomic E-state index is -0.542. The molecule has 2 heterocycles. The summed E-state index contributed by atoms with van der Waals surface area (Å²) in [4.78, 5) is 16.3. The monoisotopic (exact) mass is 347 g/mol. The molecule has 0 radical (unpaired) electrons. The summed E-state index contributed by atoms with van der Waals surface area (Å²) in [6.45, 7) is 0. The van der Waals surface area contributed by atoms with E-state index >= 15 is 0 Å². The van der Waals surface area contributed by atoms with Crippen molar-refractivity contribution in [3.8, 4) is 22.8 Å². The predicted molar refractivity (Wildman–Crippen MR) is 88.9 cm³/mol. The summed E-state index contributed by atoms with van der Waals surface area (Å²) < 4.78 is 21.2. The molecular weight excluding hydrogens is 334 g/mol. The second kappa shape index (κ2) is 6.41. The van der Waals surface area contributed by atoms with Crippen LogP contribution < -0.4 is 9.47 Å². The Labute approximate surface area is 142 Å². The van der Waals surface area contributed by atoms with E-state index in [0.29, 0.717) is 38.9 Å². The summed E-state index contributed by atoms with van der Waals surface area (Å²) in [5.41, 5.74) is 1.94. The molecule has 24 heavy (non-hydrogen) atoms. The number of benzene rings is 1. The second-order valence-corrected chi connectivity index (χ2v) is 5.28. The zero-order chi connectivity index (χ0) is 17.3. The molecule has 0 bridgehead atoms. The Hall–Kier alpha value is -2.73. The Morgan fingerprint density at radius 3 is 2.58 bits per heavy atom. The van der Waals surface area contributed by atoms with Crippen molar-refractivity contribution in [2.24, 2.45) is 0 Å². The van der Waals surface area contributed by atoms with Crippen molar-refractivity contribution in [2.45, 2.75) is 0 Å². The average Bonchev–Trinajstić information content (AvgIpc) is 3.05. The number of furan rings is 1. The van der Waals surface area contributed by atoms with Gasteiger partial charge in [-0.05, 0) is 18.2 Å². The largest absolute Gasteiger partial charge is 0.493 e. The molecule has 0 unspecified atom stereocenters. The number of hydrogen-bond donors (Lipinski definition) is 0. The lowest BCUT2D eigenvalue weighted by Gasteiger charge is -2.13.